The lowest BCUT2D eigenvalue weighted by Gasteiger charge is -2.32. The molecule has 0 aliphatic carbocycles. The zero-order chi connectivity index (χ0) is 32.5. The number of carbonyl (C=O) groups is 2. The Hall–Kier alpha value is -3.73. The summed E-state index contributed by atoms with van der Waals surface area (Å²) in [6, 6.07) is 8.26. The van der Waals surface area contributed by atoms with E-state index in [2.05, 4.69) is 34.4 Å². The molecule has 0 spiro atoms. The number of benzene rings is 1. The van der Waals surface area contributed by atoms with Crippen LogP contribution in [0.3, 0.4) is 0 Å². The van der Waals surface area contributed by atoms with Gasteiger partial charge in [-0.2, -0.15) is 41.1 Å². The number of alkyl halides is 6. The van der Waals surface area contributed by atoms with E-state index < -0.39 is 24.3 Å². The maximum Gasteiger partial charge on any atom is 0.490 e. The Balaban J connectivity index is 0.000000317. The number of aromatic nitrogens is 4. The highest BCUT2D eigenvalue weighted by atomic mass is 19.4. The maximum absolute atomic E-state index is 10.6. The number of carboxylic acids is 2. The van der Waals surface area contributed by atoms with E-state index >= 15 is 0 Å². The molecule has 2 fully saturated rings. The second-order valence-corrected chi connectivity index (χ2v) is 10.4. The van der Waals surface area contributed by atoms with Crippen LogP contribution in [0.1, 0.15) is 56.5 Å². The van der Waals surface area contributed by atoms with Crippen molar-refractivity contribution in [3.8, 4) is 5.95 Å². The minimum absolute atomic E-state index is 0.355. The van der Waals surface area contributed by atoms with Crippen molar-refractivity contribution in [3.05, 3.63) is 35.9 Å². The van der Waals surface area contributed by atoms with Gasteiger partial charge in [-0.1, -0.05) is 25.1 Å². The smallest absolute Gasteiger partial charge is 0.475 e. The number of para-hydroxylation sites is 1. The van der Waals surface area contributed by atoms with E-state index in [1.807, 2.05) is 16.8 Å². The van der Waals surface area contributed by atoms with E-state index in [4.69, 9.17) is 34.4 Å². The summed E-state index contributed by atoms with van der Waals surface area (Å²) in [6.07, 6.45) is -3.09. The summed E-state index contributed by atoms with van der Waals surface area (Å²) in [4.78, 5) is 25.2. The molecule has 2 aliphatic heterocycles. The van der Waals surface area contributed by atoms with Crippen molar-refractivity contribution in [2.24, 2.45) is 5.92 Å². The number of halogens is 6. The van der Waals surface area contributed by atoms with Crippen LogP contribution in [-0.4, -0.2) is 92.0 Å². The Labute approximate surface area is 248 Å². The molecule has 2 aromatic heterocycles. The van der Waals surface area contributed by atoms with Gasteiger partial charge in [0.15, 0.2) is 0 Å². The molecule has 2 aliphatic rings. The zero-order valence-electron chi connectivity index (χ0n) is 23.9. The van der Waals surface area contributed by atoms with Gasteiger partial charge < -0.3 is 25.0 Å². The van der Waals surface area contributed by atoms with Crippen LogP contribution in [0.4, 0.5) is 26.3 Å². The number of piperidine rings is 2. The number of rotatable bonds is 6. The first-order chi connectivity index (χ1) is 20.7. The summed E-state index contributed by atoms with van der Waals surface area (Å²) in [5.74, 6) is -2.94. The highest BCUT2D eigenvalue weighted by Crippen LogP contribution is 2.29. The van der Waals surface area contributed by atoms with Crippen LogP contribution in [0.15, 0.2) is 28.8 Å². The van der Waals surface area contributed by atoms with Gasteiger partial charge in [0, 0.05) is 11.3 Å². The number of nitrogens with one attached hydrogen (secondary N) is 1. The van der Waals surface area contributed by atoms with Gasteiger partial charge in [-0.25, -0.2) is 9.59 Å². The van der Waals surface area contributed by atoms with Crippen LogP contribution in [0, 0.1) is 5.92 Å². The topological polar surface area (TPSA) is 147 Å². The average molecular weight is 637 g/mol. The molecule has 3 N–H and O–H groups in total. The predicted octanol–water partition coefficient (Wildman–Crippen LogP) is 4.81. The van der Waals surface area contributed by atoms with Crippen LogP contribution >= 0.6 is 0 Å². The molecule has 3 aromatic rings. The Morgan fingerprint density at radius 2 is 1.55 bits per heavy atom. The molecule has 4 heterocycles. The third-order valence-corrected chi connectivity index (χ3v) is 7.35. The number of nitrogens with zero attached hydrogens (tertiary/aromatic N) is 5. The molecule has 0 atom stereocenters. The molecule has 11 nitrogen and oxygen atoms in total. The van der Waals surface area contributed by atoms with Crippen molar-refractivity contribution in [3.63, 3.8) is 0 Å². The van der Waals surface area contributed by atoms with Gasteiger partial charge >= 0.3 is 24.3 Å². The summed E-state index contributed by atoms with van der Waals surface area (Å²) in [5, 5.41) is 27.9. The van der Waals surface area contributed by atoms with Crippen LogP contribution in [0.5, 0.6) is 0 Å². The fraction of sp³-hybridized carbons (Fsp3) is 0.593. The molecule has 0 saturated carbocycles. The van der Waals surface area contributed by atoms with Crippen LogP contribution in [0.2, 0.25) is 0 Å². The summed E-state index contributed by atoms with van der Waals surface area (Å²) >= 11 is 0. The third-order valence-electron chi connectivity index (χ3n) is 7.35. The van der Waals surface area contributed by atoms with E-state index in [-0.39, 0.29) is 0 Å². The minimum atomic E-state index is -5.08. The first-order valence-electron chi connectivity index (χ1n) is 14.0. The van der Waals surface area contributed by atoms with Crippen LogP contribution in [0.25, 0.3) is 16.9 Å². The molecular weight excluding hydrogens is 602 g/mol. The fourth-order valence-electron chi connectivity index (χ4n) is 4.96. The summed E-state index contributed by atoms with van der Waals surface area (Å²) in [5.41, 5.74) is 2.11. The summed E-state index contributed by atoms with van der Waals surface area (Å²) < 4.78 is 71.0. The van der Waals surface area contributed by atoms with Crippen molar-refractivity contribution in [2.45, 2.75) is 63.7 Å². The van der Waals surface area contributed by atoms with E-state index in [9.17, 15) is 26.3 Å². The van der Waals surface area contributed by atoms with E-state index in [0.29, 0.717) is 11.9 Å². The molecule has 5 rings (SSSR count). The molecular formula is C27H34F6N6O5. The number of aryl methyl sites for hydroxylation is 1. The number of likely N-dealkylation sites (tertiary alicyclic amines) is 1. The molecule has 44 heavy (non-hydrogen) atoms. The van der Waals surface area contributed by atoms with Gasteiger partial charge in [-0.15, -0.1) is 0 Å². The SMILES string of the molecule is CCc1nn(-c2noc(C3CCN(CCC4CCNCC4)CC3)n2)c2ccccc12.O=C(O)C(F)(F)F.O=C(O)C(F)(F)F. The third kappa shape index (κ3) is 9.90. The molecule has 0 amide bonds. The Kier molecular flexibility index (Phi) is 12.1. The van der Waals surface area contributed by atoms with Gasteiger partial charge in [-0.05, 0) is 88.4 Å². The highest BCUT2D eigenvalue weighted by Gasteiger charge is 2.39. The molecule has 0 unspecified atom stereocenters. The van der Waals surface area contributed by atoms with Gasteiger partial charge in [0.05, 0.1) is 11.2 Å². The van der Waals surface area contributed by atoms with E-state index in [0.717, 1.165) is 60.8 Å². The first-order valence-corrected chi connectivity index (χ1v) is 14.0. The highest BCUT2D eigenvalue weighted by molar-refractivity contribution is 5.83. The summed E-state index contributed by atoms with van der Waals surface area (Å²) in [6.45, 7) is 7.98. The second-order valence-electron chi connectivity index (χ2n) is 10.4. The van der Waals surface area contributed by atoms with Gasteiger partial charge in [0.25, 0.3) is 5.95 Å². The number of aliphatic carboxylic acids is 2. The molecule has 17 heteroatoms. The molecule has 0 bridgehead atoms. The monoisotopic (exact) mass is 636 g/mol. The number of hydrogen-bond acceptors (Lipinski definition) is 8. The van der Waals surface area contributed by atoms with Crippen molar-refractivity contribution < 1.29 is 50.7 Å². The number of fused-ring (bicyclic) bond motifs is 1. The van der Waals surface area contributed by atoms with Crippen molar-refractivity contribution in [2.75, 3.05) is 32.7 Å². The van der Waals surface area contributed by atoms with E-state index in [1.54, 1.807) is 0 Å². The van der Waals surface area contributed by atoms with Gasteiger partial charge in [0.2, 0.25) is 5.89 Å². The second kappa shape index (κ2) is 15.3. The molecule has 1 aromatic carbocycles. The lowest BCUT2D eigenvalue weighted by molar-refractivity contribution is -0.193. The van der Waals surface area contributed by atoms with Crippen molar-refractivity contribution in [1.29, 1.82) is 0 Å². The predicted molar refractivity (Wildman–Crippen MR) is 144 cm³/mol. The lowest BCUT2D eigenvalue weighted by atomic mass is 9.93. The van der Waals surface area contributed by atoms with Crippen LogP contribution in [-0.2, 0) is 16.0 Å². The quantitative estimate of drug-likeness (QED) is 0.322. The molecule has 244 valence electrons. The standard InChI is InChI=1S/C23H32N6O.2C2HF3O2/c1-2-20-19-5-3-4-6-21(19)29(26-20)23-25-22(30-27-23)18-10-15-28(16-11-18)14-9-17-7-12-24-13-8-17;2*3-2(4,5)1(6)7/h3-6,17-18,24H,2,7-16H2,1H3;2*(H,6,7). The summed E-state index contributed by atoms with van der Waals surface area (Å²) in [7, 11) is 0. The van der Waals surface area contributed by atoms with Crippen molar-refractivity contribution >= 4 is 22.8 Å². The Bertz CT molecular complexity index is 1340. The van der Waals surface area contributed by atoms with Crippen LogP contribution < -0.4 is 5.32 Å². The zero-order valence-corrected chi connectivity index (χ0v) is 23.9. The molecule has 0 radical (unpaired) electrons. The number of hydrogen-bond donors (Lipinski definition) is 3. The van der Waals surface area contributed by atoms with Gasteiger partial charge in [-0.3, -0.25) is 0 Å². The first kappa shape index (κ1) is 34.8. The normalized spacial score (nSPS) is 17.0. The number of carboxylic acid groups (broad SMARTS) is 2. The van der Waals surface area contributed by atoms with E-state index in [1.165, 1.54) is 38.9 Å². The Morgan fingerprint density at radius 3 is 2.09 bits per heavy atom. The Morgan fingerprint density at radius 1 is 0.977 bits per heavy atom. The average Bonchev–Trinajstić information content (AvgIpc) is 3.62. The molecule has 2 saturated heterocycles. The lowest BCUT2D eigenvalue weighted by Crippen LogP contribution is -2.36. The maximum atomic E-state index is 10.6. The van der Waals surface area contributed by atoms with Gasteiger partial charge in [0.1, 0.15) is 0 Å². The largest absolute Gasteiger partial charge is 0.490 e. The fourth-order valence-corrected chi connectivity index (χ4v) is 4.96. The minimum Gasteiger partial charge on any atom is -0.475 e. The van der Waals surface area contributed by atoms with Crippen molar-refractivity contribution in [1.82, 2.24) is 30.1 Å².